The van der Waals surface area contributed by atoms with Gasteiger partial charge in [0.15, 0.2) is 23.2 Å². The highest BCUT2D eigenvalue weighted by atomic mass is 16.3. The van der Waals surface area contributed by atoms with Crippen LogP contribution in [0.5, 0.6) is 0 Å². The fraction of sp³-hybridized carbons (Fsp3) is 0. The molecule has 0 saturated carbocycles. The highest BCUT2D eigenvalue weighted by molar-refractivity contribution is 6.17. The predicted octanol–water partition coefficient (Wildman–Crippen LogP) is 14.4. The van der Waals surface area contributed by atoms with Crippen molar-refractivity contribution in [3.05, 3.63) is 219 Å². The number of nitrogens with zero attached hydrogens (tertiary/aromatic N) is 6. The van der Waals surface area contributed by atoms with Gasteiger partial charge in [0.1, 0.15) is 11.3 Å². The molecule has 5 aromatic heterocycles. The lowest BCUT2D eigenvalue weighted by Gasteiger charge is -2.11. The van der Waals surface area contributed by atoms with E-state index in [4.69, 9.17) is 34.3 Å². The van der Waals surface area contributed by atoms with Gasteiger partial charge in [-0.25, -0.2) is 19.9 Å². The van der Waals surface area contributed by atoms with Crippen molar-refractivity contribution in [2.75, 3.05) is 0 Å². The molecule has 0 bridgehead atoms. The van der Waals surface area contributed by atoms with Crippen LogP contribution in [-0.4, -0.2) is 29.9 Å². The van der Waals surface area contributed by atoms with Gasteiger partial charge in [-0.15, -0.1) is 0 Å². The summed E-state index contributed by atoms with van der Waals surface area (Å²) in [6.45, 7) is 0. The third-order valence-corrected chi connectivity index (χ3v) is 11.9. The third-order valence-electron chi connectivity index (χ3n) is 11.9. The number of benzene rings is 7. The van der Waals surface area contributed by atoms with E-state index in [1.165, 1.54) is 0 Å². The summed E-state index contributed by atoms with van der Waals surface area (Å²) >= 11 is 0. The van der Waals surface area contributed by atoms with E-state index < -0.39 is 0 Å². The average Bonchev–Trinajstić information content (AvgIpc) is 3.80. The van der Waals surface area contributed by atoms with Crippen molar-refractivity contribution in [1.29, 1.82) is 0 Å². The van der Waals surface area contributed by atoms with Crippen LogP contribution in [0.1, 0.15) is 0 Å². The zero-order valence-electron chi connectivity index (χ0n) is 34.9. The zero-order valence-corrected chi connectivity index (χ0v) is 34.9. The molecular formula is C58H36N6O. The zero-order chi connectivity index (χ0) is 43.1. The standard InChI is InChI=1S/C58H36N6O/c1-3-13-37(14-4-1)39-21-26-42(27-22-39)57-62-56(41-16-5-2-6-17-41)63-58(64-57)43-28-23-40(24-29-43)45-31-32-48-47(36-45)54-52(53(61-48)46-30-25-38-15-7-8-18-44(38)35-46)51(49-19-9-11-33-59-49)55(65-54)50-20-10-12-34-60-50/h1-36H. The summed E-state index contributed by atoms with van der Waals surface area (Å²) in [7, 11) is 0. The fourth-order valence-corrected chi connectivity index (χ4v) is 8.60. The van der Waals surface area contributed by atoms with Crippen molar-refractivity contribution in [3.8, 4) is 90.4 Å². The lowest BCUT2D eigenvalue weighted by Crippen LogP contribution is -2.00. The van der Waals surface area contributed by atoms with Gasteiger partial charge in [0, 0.05) is 40.0 Å². The molecule has 7 heteroatoms. The van der Waals surface area contributed by atoms with E-state index in [-0.39, 0.29) is 0 Å². The Morgan fingerprint density at radius 2 is 0.831 bits per heavy atom. The van der Waals surface area contributed by atoms with Crippen molar-refractivity contribution in [2.24, 2.45) is 0 Å². The molecule has 12 rings (SSSR count). The second kappa shape index (κ2) is 16.1. The van der Waals surface area contributed by atoms with Crippen LogP contribution in [0.2, 0.25) is 0 Å². The summed E-state index contributed by atoms with van der Waals surface area (Å²) in [5.74, 6) is 2.46. The van der Waals surface area contributed by atoms with Crippen LogP contribution in [0.25, 0.3) is 123 Å². The second-order valence-corrected chi connectivity index (χ2v) is 15.9. The summed E-state index contributed by atoms with van der Waals surface area (Å²) in [5.41, 5.74) is 12.7. The van der Waals surface area contributed by atoms with Crippen LogP contribution in [0.3, 0.4) is 0 Å². The van der Waals surface area contributed by atoms with E-state index in [0.717, 1.165) is 99.8 Å². The van der Waals surface area contributed by atoms with E-state index in [0.29, 0.717) is 23.2 Å². The third kappa shape index (κ3) is 7.07. The molecule has 0 radical (unpaired) electrons. The van der Waals surface area contributed by atoms with Gasteiger partial charge in [0.25, 0.3) is 0 Å². The van der Waals surface area contributed by atoms with Gasteiger partial charge in [-0.05, 0) is 75.5 Å². The van der Waals surface area contributed by atoms with Crippen LogP contribution >= 0.6 is 0 Å². The summed E-state index contributed by atoms with van der Waals surface area (Å²) in [6.07, 6.45) is 3.60. The quantitative estimate of drug-likeness (QED) is 0.151. The van der Waals surface area contributed by atoms with Crippen molar-refractivity contribution in [2.45, 2.75) is 0 Å². The molecule has 0 aliphatic heterocycles. The first kappa shape index (κ1) is 37.8. The van der Waals surface area contributed by atoms with Crippen molar-refractivity contribution < 1.29 is 4.42 Å². The molecule has 7 nitrogen and oxygen atoms in total. The molecule has 304 valence electrons. The molecule has 65 heavy (non-hydrogen) atoms. The lowest BCUT2D eigenvalue weighted by molar-refractivity contribution is 0.632. The molecule has 0 N–H and O–H groups in total. The maximum absolute atomic E-state index is 7.03. The first-order valence-corrected chi connectivity index (χ1v) is 21.5. The molecular weight excluding hydrogens is 797 g/mol. The topological polar surface area (TPSA) is 90.5 Å². The van der Waals surface area contributed by atoms with Crippen molar-refractivity contribution in [1.82, 2.24) is 29.9 Å². The summed E-state index contributed by atoms with van der Waals surface area (Å²) in [4.78, 5) is 30.0. The van der Waals surface area contributed by atoms with E-state index in [1.54, 1.807) is 6.20 Å². The second-order valence-electron chi connectivity index (χ2n) is 15.9. The predicted molar refractivity (Wildman–Crippen MR) is 261 cm³/mol. The smallest absolute Gasteiger partial charge is 0.164 e. The number of furan rings is 1. The molecule has 0 atom stereocenters. The minimum atomic E-state index is 0.595. The molecule has 0 aliphatic rings. The normalized spacial score (nSPS) is 11.4. The molecule has 5 heterocycles. The number of rotatable bonds is 8. The van der Waals surface area contributed by atoms with Crippen LogP contribution in [-0.2, 0) is 0 Å². The first-order chi connectivity index (χ1) is 32.2. The summed E-state index contributed by atoms with van der Waals surface area (Å²) in [6, 6.07) is 70.2. The summed E-state index contributed by atoms with van der Waals surface area (Å²) in [5, 5.41) is 4.07. The van der Waals surface area contributed by atoms with Gasteiger partial charge in [-0.2, -0.15) is 0 Å². The molecule has 12 aromatic rings. The molecule has 7 aromatic carbocycles. The van der Waals surface area contributed by atoms with Crippen LogP contribution in [0.15, 0.2) is 223 Å². The molecule has 0 fully saturated rings. The fourth-order valence-electron chi connectivity index (χ4n) is 8.60. The van der Waals surface area contributed by atoms with Gasteiger partial charge >= 0.3 is 0 Å². The minimum Gasteiger partial charge on any atom is -0.453 e. The maximum Gasteiger partial charge on any atom is 0.164 e. The van der Waals surface area contributed by atoms with E-state index >= 15 is 0 Å². The number of hydrogen-bond acceptors (Lipinski definition) is 7. The summed E-state index contributed by atoms with van der Waals surface area (Å²) < 4.78 is 7.03. The first-order valence-electron chi connectivity index (χ1n) is 21.5. The van der Waals surface area contributed by atoms with Crippen molar-refractivity contribution in [3.63, 3.8) is 0 Å². The number of aromatic nitrogens is 6. The number of hydrogen-bond donors (Lipinski definition) is 0. The molecule has 0 aliphatic carbocycles. The van der Waals surface area contributed by atoms with Gasteiger partial charge in [0.05, 0.1) is 27.9 Å². The van der Waals surface area contributed by atoms with E-state index in [9.17, 15) is 0 Å². The highest BCUT2D eigenvalue weighted by Gasteiger charge is 2.26. The molecule has 0 spiro atoms. The Balaban J connectivity index is 0.985. The van der Waals surface area contributed by atoms with Gasteiger partial charge in [0.2, 0.25) is 0 Å². The van der Waals surface area contributed by atoms with E-state index in [1.807, 2.05) is 79.0 Å². The van der Waals surface area contributed by atoms with E-state index in [2.05, 4.69) is 133 Å². The Bertz CT molecular complexity index is 3670. The molecule has 0 unspecified atom stereocenters. The van der Waals surface area contributed by atoms with Gasteiger partial charge in [-0.3, -0.25) is 9.97 Å². The largest absolute Gasteiger partial charge is 0.453 e. The lowest BCUT2D eigenvalue weighted by atomic mass is 9.95. The monoisotopic (exact) mass is 832 g/mol. The number of pyridine rings is 3. The Morgan fingerprint density at radius 3 is 1.46 bits per heavy atom. The molecule has 0 amide bonds. The highest BCUT2D eigenvalue weighted by Crippen LogP contribution is 2.46. The Kier molecular flexibility index (Phi) is 9.34. The van der Waals surface area contributed by atoms with Crippen molar-refractivity contribution >= 4 is 32.6 Å². The maximum atomic E-state index is 7.03. The Hall–Kier alpha value is -8.94. The van der Waals surface area contributed by atoms with Crippen LogP contribution in [0, 0.1) is 0 Å². The van der Waals surface area contributed by atoms with Gasteiger partial charge < -0.3 is 4.42 Å². The van der Waals surface area contributed by atoms with Crippen LogP contribution in [0.4, 0.5) is 0 Å². The minimum absolute atomic E-state index is 0.595. The Labute approximate surface area is 374 Å². The number of fused-ring (bicyclic) bond motifs is 4. The molecule has 0 saturated heterocycles. The average molecular weight is 833 g/mol. The SMILES string of the molecule is c1ccc(-c2ccc(-c3nc(-c4ccccc4)nc(-c4ccc(-c5ccc6nc(-c7ccc8ccccc8c7)c7c(-c8ccccn8)c(-c8ccccn8)oc7c6c5)cc4)n3)cc2)cc1. The Morgan fingerprint density at radius 1 is 0.338 bits per heavy atom. The van der Waals surface area contributed by atoms with Gasteiger partial charge in [-0.1, -0.05) is 164 Å². The van der Waals surface area contributed by atoms with Crippen LogP contribution < -0.4 is 0 Å².